The second-order valence-corrected chi connectivity index (χ2v) is 4.27. The molecule has 1 aliphatic heterocycles. The molecule has 2 unspecified atom stereocenters. The van der Waals surface area contributed by atoms with E-state index in [1.54, 1.807) is 0 Å². The number of ether oxygens (including phenoxy) is 1. The van der Waals surface area contributed by atoms with Gasteiger partial charge in [-0.15, -0.1) is 5.10 Å². The highest BCUT2D eigenvalue weighted by Crippen LogP contribution is 2.25. The van der Waals surface area contributed by atoms with Crippen molar-refractivity contribution in [1.82, 2.24) is 20.3 Å². The van der Waals surface area contributed by atoms with Crippen LogP contribution >= 0.6 is 0 Å². The highest BCUT2D eigenvalue weighted by molar-refractivity contribution is 5.05. The van der Waals surface area contributed by atoms with Crippen LogP contribution in [-0.4, -0.2) is 34.2 Å². The van der Waals surface area contributed by atoms with E-state index in [0.717, 1.165) is 38.1 Å². The molecular weight excluding hydrogens is 204 g/mol. The van der Waals surface area contributed by atoms with Gasteiger partial charge < -0.3 is 10.1 Å². The minimum Gasteiger partial charge on any atom is -0.376 e. The minimum absolute atomic E-state index is 0.224. The number of nitrogens with zero attached hydrogens (tertiary/aromatic N) is 3. The molecule has 0 amide bonds. The van der Waals surface area contributed by atoms with Crippen molar-refractivity contribution in [2.75, 3.05) is 13.2 Å². The molecule has 5 heteroatoms. The molecule has 2 rings (SSSR count). The third-order valence-corrected chi connectivity index (χ3v) is 3.02. The molecule has 2 atom stereocenters. The van der Waals surface area contributed by atoms with Crippen LogP contribution in [0.1, 0.15) is 37.9 Å². The van der Waals surface area contributed by atoms with Crippen LogP contribution in [0.4, 0.5) is 0 Å². The summed E-state index contributed by atoms with van der Waals surface area (Å²) >= 11 is 0. The second kappa shape index (κ2) is 5.41. The average Bonchev–Trinajstić information content (AvgIpc) is 2.91. The number of rotatable bonds is 5. The van der Waals surface area contributed by atoms with Gasteiger partial charge in [0.1, 0.15) is 0 Å². The topological polar surface area (TPSA) is 52.0 Å². The van der Waals surface area contributed by atoms with Gasteiger partial charge >= 0.3 is 0 Å². The van der Waals surface area contributed by atoms with Gasteiger partial charge in [-0.1, -0.05) is 12.1 Å². The number of hydrogen-bond donors (Lipinski definition) is 1. The molecule has 1 N–H and O–H groups in total. The molecule has 16 heavy (non-hydrogen) atoms. The van der Waals surface area contributed by atoms with Crippen molar-refractivity contribution in [3.63, 3.8) is 0 Å². The molecule has 90 valence electrons. The third-order valence-electron chi connectivity index (χ3n) is 3.02. The molecule has 0 aliphatic carbocycles. The first-order chi connectivity index (χ1) is 7.83. The van der Waals surface area contributed by atoms with Gasteiger partial charge in [0.25, 0.3) is 0 Å². The van der Waals surface area contributed by atoms with Crippen molar-refractivity contribution in [2.45, 2.75) is 38.3 Å². The molecule has 1 aliphatic rings. The molecule has 0 spiro atoms. The van der Waals surface area contributed by atoms with Crippen LogP contribution < -0.4 is 5.32 Å². The lowest BCUT2D eigenvalue weighted by molar-refractivity contribution is 0.0758. The van der Waals surface area contributed by atoms with Crippen LogP contribution in [-0.2, 0) is 11.8 Å². The van der Waals surface area contributed by atoms with E-state index >= 15 is 0 Å². The fourth-order valence-corrected chi connectivity index (χ4v) is 2.17. The molecule has 1 aromatic heterocycles. The zero-order valence-corrected chi connectivity index (χ0v) is 10.0. The fraction of sp³-hybridized carbons (Fsp3) is 0.818. The van der Waals surface area contributed by atoms with Gasteiger partial charge in [-0.3, -0.25) is 4.68 Å². The zero-order valence-electron chi connectivity index (χ0n) is 10.0. The highest BCUT2D eigenvalue weighted by Gasteiger charge is 2.28. The summed E-state index contributed by atoms with van der Waals surface area (Å²) in [5, 5.41) is 11.5. The number of hydrogen-bond acceptors (Lipinski definition) is 4. The first kappa shape index (κ1) is 11.5. The van der Waals surface area contributed by atoms with Crippen LogP contribution in [0.2, 0.25) is 0 Å². The van der Waals surface area contributed by atoms with E-state index < -0.39 is 0 Å². The van der Waals surface area contributed by atoms with E-state index in [-0.39, 0.29) is 12.1 Å². The van der Waals surface area contributed by atoms with E-state index in [1.165, 1.54) is 0 Å². The Morgan fingerprint density at radius 2 is 2.56 bits per heavy atom. The molecule has 2 heterocycles. The van der Waals surface area contributed by atoms with Crippen LogP contribution in [0.25, 0.3) is 0 Å². The Balaban J connectivity index is 2.10. The largest absolute Gasteiger partial charge is 0.376 e. The predicted octanol–water partition coefficient (Wildman–Crippen LogP) is 1.03. The van der Waals surface area contributed by atoms with E-state index in [4.69, 9.17) is 4.74 Å². The SMILES string of the molecule is CCCNC(c1cnnn1C)C1CCCO1. The zero-order chi connectivity index (χ0) is 11.4. The molecule has 1 fully saturated rings. The summed E-state index contributed by atoms with van der Waals surface area (Å²) in [6.45, 7) is 4.04. The summed E-state index contributed by atoms with van der Waals surface area (Å²) in [6.07, 6.45) is 5.49. The lowest BCUT2D eigenvalue weighted by atomic mass is 10.0. The summed E-state index contributed by atoms with van der Waals surface area (Å²) in [6, 6.07) is 0.224. The minimum atomic E-state index is 0.224. The average molecular weight is 224 g/mol. The summed E-state index contributed by atoms with van der Waals surface area (Å²) < 4.78 is 7.59. The molecule has 0 bridgehead atoms. The quantitative estimate of drug-likeness (QED) is 0.811. The third kappa shape index (κ3) is 2.41. The van der Waals surface area contributed by atoms with Crippen molar-refractivity contribution in [3.05, 3.63) is 11.9 Å². The maximum Gasteiger partial charge on any atom is 0.0786 e. The van der Waals surface area contributed by atoms with Crippen molar-refractivity contribution in [3.8, 4) is 0 Å². The predicted molar refractivity (Wildman–Crippen MR) is 61.0 cm³/mol. The molecule has 1 aromatic rings. The molecule has 0 radical (unpaired) electrons. The lowest BCUT2D eigenvalue weighted by Gasteiger charge is -2.23. The maximum absolute atomic E-state index is 5.76. The van der Waals surface area contributed by atoms with Gasteiger partial charge in [-0.25, -0.2) is 0 Å². The van der Waals surface area contributed by atoms with E-state index in [2.05, 4.69) is 22.6 Å². The monoisotopic (exact) mass is 224 g/mol. The smallest absolute Gasteiger partial charge is 0.0786 e. The van der Waals surface area contributed by atoms with Crippen LogP contribution in [0.5, 0.6) is 0 Å². The lowest BCUT2D eigenvalue weighted by Crippen LogP contribution is -2.33. The van der Waals surface area contributed by atoms with Crippen molar-refractivity contribution in [2.24, 2.45) is 7.05 Å². The molecule has 5 nitrogen and oxygen atoms in total. The second-order valence-electron chi connectivity index (χ2n) is 4.27. The molecular formula is C11H20N4O. The molecule has 1 saturated heterocycles. The van der Waals surface area contributed by atoms with Crippen LogP contribution in [0, 0.1) is 0 Å². The summed E-state index contributed by atoms with van der Waals surface area (Å²) in [5.41, 5.74) is 1.11. The summed E-state index contributed by atoms with van der Waals surface area (Å²) in [7, 11) is 1.93. The number of aryl methyl sites for hydroxylation is 1. The van der Waals surface area contributed by atoms with Crippen molar-refractivity contribution >= 4 is 0 Å². The molecule has 0 aromatic carbocycles. The first-order valence-corrected chi connectivity index (χ1v) is 6.02. The van der Waals surface area contributed by atoms with Crippen molar-refractivity contribution < 1.29 is 4.74 Å². The summed E-state index contributed by atoms with van der Waals surface area (Å²) in [4.78, 5) is 0. The standard InChI is InChI=1S/C11H20N4O/c1-3-6-12-11(10-5-4-7-16-10)9-8-13-14-15(9)2/h8,10-12H,3-7H2,1-2H3. The Labute approximate surface area is 96.2 Å². The van der Waals surface area contributed by atoms with E-state index in [9.17, 15) is 0 Å². The van der Waals surface area contributed by atoms with Gasteiger partial charge in [0, 0.05) is 13.7 Å². The highest BCUT2D eigenvalue weighted by atomic mass is 16.5. The Hall–Kier alpha value is -0.940. The maximum atomic E-state index is 5.76. The van der Waals surface area contributed by atoms with Crippen LogP contribution in [0.3, 0.4) is 0 Å². The number of aromatic nitrogens is 3. The van der Waals surface area contributed by atoms with Crippen molar-refractivity contribution in [1.29, 1.82) is 0 Å². The van der Waals surface area contributed by atoms with Gasteiger partial charge in [-0.2, -0.15) is 0 Å². The van der Waals surface area contributed by atoms with Gasteiger partial charge in [-0.05, 0) is 25.8 Å². The Morgan fingerprint density at radius 1 is 1.69 bits per heavy atom. The van der Waals surface area contributed by atoms with Crippen LogP contribution in [0.15, 0.2) is 6.20 Å². The van der Waals surface area contributed by atoms with Gasteiger partial charge in [0.05, 0.1) is 24.0 Å². The van der Waals surface area contributed by atoms with E-state index in [1.807, 2.05) is 17.9 Å². The van der Waals surface area contributed by atoms with E-state index in [0.29, 0.717) is 0 Å². The number of nitrogens with one attached hydrogen (secondary N) is 1. The van der Waals surface area contributed by atoms with Gasteiger partial charge in [0.2, 0.25) is 0 Å². The Bertz CT molecular complexity index is 320. The summed E-state index contributed by atoms with van der Waals surface area (Å²) in [5.74, 6) is 0. The molecule has 0 saturated carbocycles. The Kier molecular flexibility index (Phi) is 3.90. The first-order valence-electron chi connectivity index (χ1n) is 6.02. The Morgan fingerprint density at radius 3 is 3.12 bits per heavy atom. The van der Waals surface area contributed by atoms with Gasteiger partial charge in [0.15, 0.2) is 0 Å². The fourth-order valence-electron chi connectivity index (χ4n) is 2.17. The normalized spacial score (nSPS) is 22.5.